The topological polar surface area (TPSA) is 102 Å². The zero-order chi connectivity index (χ0) is 20.8. The molecule has 0 aromatic heterocycles. The van der Waals surface area contributed by atoms with Crippen molar-refractivity contribution in [2.24, 2.45) is 17.3 Å². The van der Waals surface area contributed by atoms with Crippen molar-refractivity contribution in [1.82, 2.24) is 5.32 Å². The van der Waals surface area contributed by atoms with Gasteiger partial charge in [0.1, 0.15) is 30.0 Å². The molecule has 0 radical (unpaired) electrons. The van der Waals surface area contributed by atoms with E-state index in [0.717, 1.165) is 24.0 Å². The zero-order valence-corrected chi connectivity index (χ0v) is 17.7. The number of ether oxygens (including phenoxy) is 5. The molecule has 2 spiro atoms. The molecule has 0 aromatic rings. The highest BCUT2D eigenvalue weighted by Crippen LogP contribution is 2.83. The van der Waals surface area contributed by atoms with Crippen molar-refractivity contribution in [3.63, 3.8) is 0 Å². The maximum atomic E-state index is 12.4. The van der Waals surface area contributed by atoms with Crippen LogP contribution < -0.4 is 5.32 Å². The first-order valence-corrected chi connectivity index (χ1v) is 11.1. The van der Waals surface area contributed by atoms with Gasteiger partial charge in [0.25, 0.3) is 0 Å². The lowest BCUT2D eigenvalue weighted by molar-refractivity contribution is -0.136. The van der Waals surface area contributed by atoms with Crippen molar-refractivity contribution in [3.05, 3.63) is 11.1 Å². The standard InChI is InChI=1S/C22H27NO7/c1-9(2)20-14(29-20)15-22(30-15)19(3)6-5-10-11(8-26-16(10)24)12(19)7-13-21(22,28-13)17(20)27-18(25)23-4/h9,12-15,17H,5-8H2,1-4H3,(H,23,25)/t12-,13-,14-,15-,17+,19-,20-,21+,22+/m0/s1. The van der Waals surface area contributed by atoms with Crippen molar-refractivity contribution in [1.29, 1.82) is 0 Å². The molecular weight excluding hydrogens is 390 g/mol. The van der Waals surface area contributed by atoms with E-state index in [4.69, 9.17) is 23.7 Å². The van der Waals surface area contributed by atoms with Gasteiger partial charge in [-0.2, -0.15) is 0 Å². The summed E-state index contributed by atoms with van der Waals surface area (Å²) in [7, 11) is 1.57. The van der Waals surface area contributed by atoms with Crippen molar-refractivity contribution in [2.75, 3.05) is 13.7 Å². The molecule has 1 N–H and O–H groups in total. The third kappa shape index (κ3) is 1.56. The molecule has 4 aliphatic heterocycles. The first-order chi connectivity index (χ1) is 14.3. The number of nitrogens with one attached hydrogen (secondary N) is 1. The van der Waals surface area contributed by atoms with Crippen LogP contribution in [0.25, 0.3) is 0 Å². The molecule has 7 rings (SSSR count). The summed E-state index contributed by atoms with van der Waals surface area (Å²) in [6, 6.07) is 0. The van der Waals surface area contributed by atoms with Gasteiger partial charge in [0.15, 0.2) is 11.7 Å². The lowest BCUT2D eigenvalue weighted by Crippen LogP contribution is -2.70. The second-order valence-corrected chi connectivity index (χ2v) is 10.5. The van der Waals surface area contributed by atoms with Crippen LogP contribution in [0.5, 0.6) is 0 Å². The highest BCUT2D eigenvalue weighted by molar-refractivity contribution is 5.92. The molecule has 0 unspecified atom stereocenters. The second-order valence-electron chi connectivity index (χ2n) is 10.5. The van der Waals surface area contributed by atoms with E-state index in [9.17, 15) is 9.59 Å². The van der Waals surface area contributed by atoms with E-state index in [2.05, 4.69) is 26.1 Å². The lowest BCUT2D eigenvalue weighted by Gasteiger charge is -2.53. The van der Waals surface area contributed by atoms with E-state index in [0.29, 0.717) is 13.0 Å². The molecule has 8 nitrogen and oxygen atoms in total. The molecule has 0 aromatic carbocycles. The summed E-state index contributed by atoms with van der Waals surface area (Å²) in [6.45, 7) is 6.86. The van der Waals surface area contributed by atoms with E-state index >= 15 is 0 Å². The Labute approximate surface area is 174 Å². The number of carbonyl (C=O) groups excluding carboxylic acids is 2. The number of cyclic esters (lactones) is 1. The van der Waals surface area contributed by atoms with Gasteiger partial charge in [-0.25, -0.2) is 9.59 Å². The number of hydrogen-bond donors (Lipinski definition) is 1. The molecule has 1 amide bonds. The summed E-state index contributed by atoms with van der Waals surface area (Å²) in [5.74, 6) is 0.162. The minimum Gasteiger partial charge on any atom is -0.458 e. The van der Waals surface area contributed by atoms with Crippen LogP contribution in [0.15, 0.2) is 11.1 Å². The van der Waals surface area contributed by atoms with Gasteiger partial charge >= 0.3 is 12.1 Å². The third-order valence-corrected chi connectivity index (χ3v) is 9.49. The maximum absolute atomic E-state index is 12.4. The molecule has 8 heteroatoms. The Morgan fingerprint density at radius 2 is 2.03 bits per heavy atom. The van der Waals surface area contributed by atoms with Gasteiger partial charge in [-0.3, -0.25) is 0 Å². The zero-order valence-electron chi connectivity index (χ0n) is 17.7. The number of esters is 1. The predicted octanol–water partition coefficient (Wildman–Crippen LogP) is 1.47. The Bertz CT molecular complexity index is 946. The Morgan fingerprint density at radius 1 is 1.23 bits per heavy atom. The normalized spacial score (nSPS) is 55.9. The van der Waals surface area contributed by atoms with Crippen molar-refractivity contribution in [3.8, 4) is 0 Å². The smallest absolute Gasteiger partial charge is 0.407 e. The summed E-state index contributed by atoms with van der Waals surface area (Å²) in [6.07, 6.45) is 1.07. The van der Waals surface area contributed by atoms with Crippen LogP contribution in [0.4, 0.5) is 4.79 Å². The van der Waals surface area contributed by atoms with Crippen molar-refractivity contribution < 1.29 is 33.3 Å². The van der Waals surface area contributed by atoms with E-state index < -0.39 is 29.0 Å². The maximum Gasteiger partial charge on any atom is 0.407 e. The van der Waals surface area contributed by atoms with Gasteiger partial charge < -0.3 is 29.0 Å². The number of hydrogen-bond acceptors (Lipinski definition) is 7. The van der Waals surface area contributed by atoms with Crippen molar-refractivity contribution >= 4 is 12.1 Å². The first-order valence-electron chi connectivity index (χ1n) is 11.1. The highest BCUT2D eigenvalue weighted by Gasteiger charge is 3.01. The van der Waals surface area contributed by atoms with Crippen LogP contribution in [-0.4, -0.2) is 66.9 Å². The predicted molar refractivity (Wildman–Crippen MR) is 100 cm³/mol. The highest BCUT2D eigenvalue weighted by atomic mass is 16.8. The lowest BCUT2D eigenvalue weighted by atomic mass is 9.46. The van der Waals surface area contributed by atoms with Crippen LogP contribution in [0.3, 0.4) is 0 Å². The fourth-order valence-electron chi connectivity index (χ4n) is 8.01. The van der Waals surface area contributed by atoms with Crippen molar-refractivity contribution in [2.45, 2.75) is 81.3 Å². The molecule has 5 fully saturated rings. The third-order valence-electron chi connectivity index (χ3n) is 9.49. The van der Waals surface area contributed by atoms with Gasteiger partial charge in [-0.1, -0.05) is 20.8 Å². The number of carbonyl (C=O) groups is 2. The molecule has 2 saturated carbocycles. The minimum atomic E-state index is -0.686. The summed E-state index contributed by atoms with van der Waals surface area (Å²) in [5, 5.41) is 2.59. The van der Waals surface area contributed by atoms with Gasteiger partial charge in [-0.05, 0) is 36.7 Å². The summed E-state index contributed by atoms with van der Waals surface area (Å²) < 4.78 is 30.9. The second kappa shape index (κ2) is 4.89. The number of alkyl carbamates (subject to hydrolysis) is 1. The fraction of sp³-hybridized carbons (Fsp3) is 0.818. The first kappa shape index (κ1) is 18.0. The Hall–Kier alpha value is -1.64. The van der Waals surface area contributed by atoms with Crippen LogP contribution >= 0.6 is 0 Å². The summed E-state index contributed by atoms with van der Waals surface area (Å²) in [5.41, 5.74) is -0.0584. The molecule has 0 bridgehead atoms. The van der Waals surface area contributed by atoms with Gasteiger partial charge in [0.05, 0.1) is 6.10 Å². The molecular formula is C22H27NO7. The summed E-state index contributed by atoms with van der Waals surface area (Å²) >= 11 is 0. The quantitative estimate of drug-likeness (QED) is 0.536. The monoisotopic (exact) mass is 417 g/mol. The van der Waals surface area contributed by atoms with Crippen LogP contribution in [0.1, 0.15) is 40.0 Å². The molecule has 4 heterocycles. The van der Waals surface area contributed by atoms with E-state index in [1.165, 1.54) is 0 Å². The number of rotatable bonds is 2. The van der Waals surface area contributed by atoms with Crippen LogP contribution in [-0.2, 0) is 28.5 Å². The Kier molecular flexibility index (Phi) is 2.93. The average Bonchev–Trinajstić information content (AvgIpc) is 3.61. The molecule has 162 valence electrons. The Balaban J connectivity index is 1.37. The fourth-order valence-corrected chi connectivity index (χ4v) is 8.01. The largest absolute Gasteiger partial charge is 0.458 e. The van der Waals surface area contributed by atoms with Crippen LogP contribution in [0.2, 0.25) is 0 Å². The molecule has 3 saturated heterocycles. The number of amides is 1. The SMILES string of the molecule is CNC(=O)O[C@@H]1[C@@]2(C(C)C)O[C@H]2[C@@H]2O[C@]23[C@]12O[C@H]2C[C@H]1C2=C(CC[C@@]13C)C(=O)OC2. The molecule has 3 aliphatic carbocycles. The molecule has 7 aliphatic rings. The molecule has 30 heavy (non-hydrogen) atoms. The van der Waals surface area contributed by atoms with E-state index in [-0.39, 0.29) is 41.5 Å². The van der Waals surface area contributed by atoms with Gasteiger partial charge in [-0.15, -0.1) is 0 Å². The average molecular weight is 417 g/mol. The minimum absolute atomic E-state index is 0.0672. The van der Waals surface area contributed by atoms with Gasteiger partial charge in [0.2, 0.25) is 0 Å². The number of epoxide rings is 3. The van der Waals surface area contributed by atoms with Gasteiger partial charge in [0, 0.05) is 18.0 Å². The van der Waals surface area contributed by atoms with E-state index in [1.807, 2.05) is 0 Å². The number of fused-ring (bicyclic) bond motifs is 4. The summed E-state index contributed by atoms with van der Waals surface area (Å²) in [4.78, 5) is 24.6. The molecule has 9 atom stereocenters. The van der Waals surface area contributed by atoms with Crippen LogP contribution in [0, 0.1) is 17.3 Å². The van der Waals surface area contributed by atoms with E-state index in [1.54, 1.807) is 7.05 Å². The Morgan fingerprint density at radius 3 is 2.77 bits per heavy atom.